The van der Waals surface area contributed by atoms with E-state index in [0.29, 0.717) is 5.56 Å². The Morgan fingerprint density at radius 2 is 1.41 bits per heavy atom. The minimum atomic E-state index is -0.201. The number of aromatic nitrogens is 1. The first-order valence-electron chi connectivity index (χ1n) is 9.71. The van der Waals surface area contributed by atoms with Crippen LogP contribution in [0.25, 0.3) is 11.8 Å². The zero-order valence-electron chi connectivity index (χ0n) is 15.8. The molecule has 0 fully saturated rings. The number of amides is 1. The smallest absolute Gasteiger partial charge is 0.259 e. The molecule has 1 amide bonds. The van der Waals surface area contributed by atoms with Crippen molar-refractivity contribution < 1.29 is 4.79 Å². The summed E-state index contributed by atoms with van der Waals surface area (Å²) < 4.78 is 2.15. The van der Waals surface area contributed by atoms with E-state index in [-0.39, 0.29) is 11.9 Å². The van der Waals surface area contributed by atoms with Gasteiger partial charge in [-0.05, 0) is 48.0 Å². The van der Waals surface area contributed by atoms with Crippen LogP contribution in [0.4, 0.5) is 5.69 Å². The molecule has 3 nitrogen and oxygen atoms in total. The molecule has 1 aromatic heterocycles. The van der Waals surface area contributed by atoms with Gasteiger partial charge in [0, 0.05) is 23.1 Å². The summed E-state index contributed by atoms with van der Waals surface area (Å²) in [5.41, 5.74) is 4.78. The lowest BCUT2D eigenvalue weighted by atomic mass is 9.99. The van der Waals surface area contributed by atoms with Crippen LogP contribution in [-0.4, -0.2) is 10.5 Å². The molecule has 0 saturated carbocycles. The van der Waals surface area contributed by atoms with Crippen LogP contribution in [0, 0.1) is 0 Å². The van der Waals surface area contributed by atoms with Crippen LogP contribution in [0.5, 0.6) is 0 Å². The fourth-order valence-electron chi connectivity index (χ4n) is 3.92. The maximum atomic E-state index is 13.6. The predicted octanol–water partition coefficient (Wildman–Crippen LogP) is 5.89. The topological polar surface area (TPSA) is 25.2 Å². The summed E-state index contributed by atoms with van der Waals surface area (Å²) in [5, 5.41) is 0. The summed E-state index contributed by atoms with van der Waals surface area (Å²) in [4.78, 5) is 15.5. The van der Waals surface area contributed by atoms with Crippen LogP contribution in [0.15, 0.2) is 109 Å². The molecular formula is C26H20N2O. The lowest BCUT2D eigenvalue weighted by Gasteiger charge is -2.34. The van der Waals surface area contributed by atoms with Gasteiger partial charge in [-0.15, -0.1) is 0 Å². The highest BCUT2D eigenvalue weighted by Crippen LogP contribution is 2.38. The summed E-state index contributed by atoms with van der Waals surface area (Å²) in [6, 6.07) is 31.7. The van der Waals surface area contributed by atoms with Crippen LogP contribution in [0.3, 0.4) is 0 Å². The number of para-hydroxylation sites is 2. The van der Waals surface area contributed by atoms with Crippen LogP contribution >= 0.6 is 0 Å². The van der Waals surface area contributed by atoms with E-state index in [1.807, 2.05) is 90.0 Å². The number of benzene rings is 3. The average Bonchev–Trinajstić information content (AvgIpc) is 3.29. The van der Waals surface area contributed by atoms with E-state index in [4.69, 9.17) is 0 Å². The number of nitrogens with zero attached hydrogens (tertiary/aromatic N) is 2. The molecule has 1 aliphatic heterocycles. The molecule has 5 rings (SSSR count). The van der Waals surface area contributed by atoms with Crippen molar-refractivity contribution in [3.63, 3.8) is 0 Å². The second-order valence-electron chi connectivity index (χ2n) is 7.04. The van der Waals surface area contributed by atoms with E-state index in [1.165, 1.54) is 0 Å². The number of rotatable bonds is 3. The maximum Gasteiger partial charge on any atom is 0.259 e. The normalized spacial score (nSPS) is 15.2. The molecule has 1 aliphatic rings. The van der Waals surface area contributed by atoms with Crippen molar-refractivity contribution in [3.05, 3.63) is 126 Å². The molecule has 0 radical (unpaired) electrons. The average molecular weight is 376 g/mol. The first-order chi connectivity index (χ1) is 14.3. The third-order valence-corrected chi connectivity index (χ3v) is 5.29. The van der Waals surface area contributed by atoms with Crippen molar-refractivity contribution in [2.24, 2.45) is 0 Å². The number of carbonyl (C=O) groups is 1. The van der Waals surface area contributed by atoms with Crippen molar-refractivity contribution in [3.8, 4) is 5.69 Å². The minimum absolute atomic E-state index is 0.00629. The van der Waals surface area contributed by atoms with Crippen molar-refractivity contribution in [2.75, 3.05) is 4.90 Å². The number of anilines is 1. The van der Waals surface area contributed by atoms with Crippen molar-refractivity contribution in [1.82, 2.24) is 4.57 Å². The van der Waals surface area contributed by atoms with Gasteiger partial charge in [-0.1, -0.05) is 66.7 Å². The summed E-state index contributed by atoms with van der Waals surface area (Å²) in [6.45, 7) is 0. The Morgan fingerprint density at radius 3 is 2.21 bits per heavy atom. The Balaban J connectivity index is 1.65. The molecule has 0 bridgehead atoms. The summed E-state index contributed by atoms with van der Waals surface area (Å²) in [6.07, 6.45) is 6.26. The molecule has 4 aromatic rings. The van der Waals surface area contributed by atoms with Gasteiger partial charge < -0.3 is 4.57 Å². The summed E-state index contributed by atoms with van der Waals surface area (Å²) in [7, 11) is 0. The van der Waals surface area contributed by atoms with Crippen LogP contribution < -0.4 is 4.90 Å². The van der Waals surface area contributed by atoms with E-state index in [2.05, 4.69) is 34.9 Å². The Labute approximate surface area is 170 Å². The van der Waals surface area contributed by atoms with Gasteiger partial charge in [0.1, 0.15) is 0 Å². The second kappa shape index (κ2) is 7.28. The van der Waals surface area contributed by atoms with Crippen molar-refractivity contribution in [1.29, 1.82) is 0 Å². The molecule has 0 spiro atoms. The highest BCUT2D eigenvalue weighted by atomic mass is 16.2. The summed E-state index contributed by atoms with van der Waals surface area (Å²) >= 11 is 0. The van der Waals surface area contributed by atoms with Crippen LogP contribution in [0.2, 0.25) is 0 Å². The highest BCUT2D eigenvalue weighted by molar-refractivity contribution is 6.08. The third kappa shape index (κ3) is 3.07. The Kier molecular flexibility index (Phi) is 4.34. The maximum absolute atomic E-state index is 13.6. The van der Waals surface area contributed by atoms with Gasteiger partial charge in [0.05, 0.1) is 11.7 Å². The number of carbonyl (C=O) groups excluding carboxylic acids is 1. The van der Waals surface area contributed by atoms with Gasteiger partial charge in [0.25, 0.3) is 5.91 Å². The van der Waals surface area contributed by atoms with Gasteiger partial charge >= 0.3 is 0 Å². The fourth-order valence-corrected chi connectivity index (χ4v) is 3.92. The number of hydrogen-bond donors (Lipinski definition) is 0. The molecule has 1 atom stereocenters. The van der Waals surface area contributed by atoms with Gasteiger partial charge in [-0.2, -0.15) is 0 Å². The zero-order valence-corrected chi connectivity index (χ0v) is 15.8. The standard InChI is InChI=1S/C26H20N2O/c29-26(21-11-3-1-4-12-21)28-23-15-8-7-10-20(23)17-18-25(28)24-16-9-19-27(24)22-13-5-2-6-14-22/h1-19,25H. The molecule has 29 heavy (non-hydrogen) atoms. The quantitative estimate of drug-likeness (QED) is 0.437. The number of hydrogen-bond acceptors (Lipinski definition) is 1. The first-order valence-corrected chi connectivity index (χ1v) is 9.71. The second-order valence-corrected chi connectivity index (χ2v) is 7.04. The summed E-state index contributed by atoms with van der Waals surface area (Å²) in [5.74, 6) is -0.00629. The molecule has 0 saturated heterocycles. The first kappa shape index (κ1) is 17.3. The van der Waals surface area contributed by atoms with Crippen molar-refractivity contribution >= 4 is 17.7 Å². The molecule has 0 aliphatic carbocycles. The van der Waals surface area contributed by atoms with E-state index >= 15 is 0 Å². The lowest BCUT2D eigenvalue weighted by Crippen LogP contribution is -2.36. The van der Waals surface area contributed by atoms with Crippen LogP contribution in [-0.2, 0) is 0 Å². The van der Waals surface area contributed by atoms with Crippen LogP contribution in [0.1, 0.15) is 27.7 Å². The molecule has 3 heteroatoms. The molecule has 3 aromatic carbocycles. The monoisotopic (exact) mass is 376 g/mol. The largest absolute Gasteiger partial charge is 0.318 e. The van der Waals surface area contributed by atoms with Gasteiger partial charge in [0.2, 0.25) is 0 Å². The Morgan fingerprint density at radius 1 is 0.724 bits per heavy atom. The SMILES string of the molecule is O=C(c1ccccc1)N1c2ccccc2C=CC1c1cccn1-c1ccccc1. The van der Waals surface area contributed by atoms with Gasteiger partial charge in [-0.3, -0.25) is 9.69 Å². The van der Waals surface area contributed by atoms with E-state index in [9.17, 15) is 4.79 Å². The van der Waals surface area contributed by atoms with Gasteiger partial charge in [0.15, 0.2) is 0 Å². The lowest BCUT2D eigenvalue weighted by molar-refractivity contribution is 0.0980. The Hall–Kier alpha value is -3.85. The minimum Gasteiger partial charge on any atom is -0.318 e. The molecule has 2 heterocycles. The van der Waals surface area contributed by atoms with Gasteiger partial charge in [-0.25, -0.2) is 0 Å². The molecule has 1 unspecified atom stereocenters. The number of fused-ring (bicyclic) bond motifs is 1. The zero-order chi connectivity index (χ0) is 19.6. The molecular weight excluding hydrogens is 356 g/mol. The van der Waals surface area contributed by atoms with E-state index in [0.717, 1.165) is 22.6 Å². The Bertz CT molecular complexity index is 1180. The van der Waals surface area contributed by atoms with E-state index in [1.54, 1.807) is 0 Å². The van der Waals surface area contributed by atoms with Crippen molar-refractivity contribution in [2.45, 2.75) is 6.04 Å². The highest BCUT2D eigenvalue weighted by Gasteiger charge is 2.31. The fraction of sp³-hybridized carbons (Fsp3) is 0.0385. The molecule has 140 valence electrons. The molecule has 0 N–H and O–H groups in total. The third-order valence-electron chi connectivity index (χ3n) is 5.29. The van der Waals surface area contributed by atoms with E-state index < -0.39 is 0 Å². The predicted molar refractivity (Wildman–Crippen MR) is 117 cm³/mol.